The molecule has 0 saturated carbocycles. The molecule has 0 bridgehead atoms. The maximum atomic E-state index is 12.3. The van der Waals surface area contributed by atoms with Crippen LogP contribution in [0.15, 0.2) is 78.9 Å². The van der Waals surface area contributed by atoms with E-state index in [9.17, 15) is 9.59 Å². The van der Waals surface area contributed by atoms with E-state index in [1.54, 1.807) is 36.4 Å². The highest BCUT2D eigenvalue weighted by atomic mass is 16.1. The summed E-state index contributed by atoms with van der Waals surface area (Å²) in [4.78, 5) is 22.9. The molecule has 1 amide bonds. The lowest BCUT2D eigenvalue weighted by molar-refractivity contribution is 0.0976. The fraction of sp³-hybridized carbons (Fsp3) is 0. The molecule has 3 rings (SSSR count). The number of nitrogens with one attached hydrogen (secondary N) is 2. The van der Waals surface area contributed by atoms with Crippen LogP contribution in [0, 0.1) is 5.41 Å². The highest BCUT2D eigenvalue weighted by Gasteiger charge is 2.10. The number of hydrogen-bond donors (Lipinski definition) is 2. The van der Waals surface area contributed by atoms with Gasteiger partial charge in [-0.3, -0.25) is 15.0 Å². The molecular weight excluding hydrogens is 312 g/mol. The van der Waals surface area contributed by atoms with Crippen molar-refractivity contribution in [2.75, 3.05) is 0 Å². The van der Waals surface area contributed by atoms with Crippen LogP contribution >= 0.6 is 0 Å². The maximum absolute atomic E-state index is 12.3. The Morgan fingerprint density at radius 2 is 1.32 bits per heavy atom. The van der Waals surface area contributed by atoms with Crippen molar-refractivity contribution in [2.24, 2.45) is 0 Å². The van der Waals surface area contributed by atoms with Crippen molar-refractivity contribution in [3.8, 4) is 11.1 Å². The standard InChI is InChI=1S/C21H16N2O2/c22-20(18-8-6-15(14-24)7-9-18)23-21(25)19-12-10-17(11-13-19)16-4-2-1-3-5-16/h1-14H,(H2,22,23,25). The average molecular weight is 328 g/mol. The highest BCUT2D eigenvalue weighted by Crippen LogP contribution is 2.19. The minimum absolute atomic E-state index is 0.00501. The lowest BCUT2D eigenvalue weighted by atomic mass is 10.0. The zero-order valence-electron chi connectivity index (χ0n) is 13.4. The number of benzene rings is 3. The van der Waals surface area contributed by atoms with Gasteiger partial charge in [0, 0.05) is 16.7 Å². The van der Waals surface area contributed by atoms with Gasteiger partial charge in [0.2, 0.25) is 0 Å². The molecular formula is C21H16N2O2. The van der Waals surface area contributed by atoms with Gasteiger partial charge in [-0.15, -0.1) is 0 Å². The third kappa shape index (κ3) is 3.87. The van der Waals surface area contributed by atoms with E-state index in [1.165, 1.54) is 0 Å². The van der Waals surface area contributed by atoms with Crippen molar-refractivity contribution < 1.29 is 9.59 Å². The molecule has 0 aliphatic heterocycles. The molecule has 2 N–H and O–H groups in total. The number of carbonyl (C=O) groups excluding carboxylic acids is 2. The summed E-state index contributed by atoms with van der Waals surface area (Å²) >= 11 is 0. The van der Waals surface area contributed by atoms with Gasteiger partial charge >= 0.3 is 0 Å². The largest absolute Gasteiger partial charge is 0.307 e. The molecule has 0 fully saturated rings. The summed E-state index contributed by atoms with van der Waals surface area (Å²) in [5, 5.41) is 10.6. The third-order valence-corrected chi connectivity index (χ3v) is 3.83. The van der Waals surface area contributed by atoms with Gasteiger partial charge in [0.1, 0.15) is 12.1 Å². The van der Waals surface area contributed by atoms with Crippen molar-refractivity contribution in [2.45, 2.75) is 0 Å². The molecule has 4 nitrogen and oxygen atoms in total. The Kier molecular flexibility index (Phi) is 4.81. The molecule has 0 spiro atoms. The molecule has 0 heterocycles. The number of aldehydes is 1. The summed E-state index contributed by atoms with van der Waals surface area (Å²) in [5.74, 6) is -0.348. The molecule has 4 heteroatoms. The van der Waals surface area contributed by atoms with E-state index < -0.39 is 0 Å². The molecule has 0 radical (unpaired) electrons. The van der Waals surface area contributed by atoms with E-state index in [-0.39, 0.29) is 11.7 Å². The summed E-state index contributed by atoms with van der Waals surface area (Å²) in [5.41, 5.74) is 3.65. The second-order valence-electron chi connectivity index (χ2n) is 5.51. The summed E-state index contributed by atoms with van der Waals surface area (Å²) < 4.78 is 0. The van der Waals surface area contributed by atoms with Crippen LogP contribution in [-0.4, -0.2) is 18.0 Å². The van der Waals surface area contributed by atoms with Crippen LogP contribution in [0.1, 0.15) is 26.3 Å². The fourth-order valence-electron chi connectivity index (χ4n) is 2.43. The molecule has 0 aliphatic carbocycles. The molecule has 0 atom stereocenters. The van der Waals surface area contributed by atoms with Crippen LogP contribution in [-0.2, 0) is 0 Å². The van der Waals surface area contributed by atoms with Crippen LogP contribution in [0.5, 0.6) is 0 Å². The van der Waals surface area contributed by atoms with Gasteiger partial charge in [-0.25, -0.2) is 0 Å². The van der Waals surface area contributed by atoms with Crippen LogP contribution in [0.25, 0.3) is 11.1 Å². The van der Waals surface area contributed by atoms with Crippen molar-refractivity contribution >= 4 is 18.0 Å². The fourth-order valence-corrected chi connectivity index (χ4v) is 2.43. The zero-order valence-corrected chi connectivity index (χ0v) is 13.4. The number of rotatable bonds is 4. The predicted octanol–water partition coefficient (Wildman–Crippen LogP) is 3.92. The first-order valence-electron chi connectivity index (χ1n) is 7.78. The lowest BCUT2D eigenvalue weighted by Crippen LogP contribution is -2.30. The molecule has 0 unspecified atom stereocenters. The second-order valence-corrected chi connectivity index (χ2v) is 5.51. The molecule has 25 heavy (non-hydrogen) atoms. The van der Waals surface area contributed by atoms with Crippen molar-refractivity contribution in [3.05, 3.63) is 95.6 Å². The average Bonchev–Trinajstić information content (AvgIpc) is 2.68. The SMILES string of the molecule is N=C(NC(=O)c1ccc(-c2ccccc2)cc1)c1ccc(C=O)cc1. The van der Waals surface area contributed by atoms with Crippen LogP contribution in [0.2, 0.25) is 0 Å². The van der Waals surface area contributed by atoms with E-state index in [4.69, 9.17) is 5.41 Å². The van der Waals surface area contributed by atoms with E-state index in [2.05, 4.69) is 5.32 Å². The Morgan fingerprint density at radius 3 is 1.92 bits per heavy atom. The molecule has 3 aromatic carbocycles. The van der Waals surface area contributed by atoms with Crippen molar-refractivity contribution in [1.82, 2.24) is 5.32 Å². The normalized spacial score (nSPS) is 10.1. The summed E-state index contributed by atoms with van der Waals surface area (Å²) in [6.07, 6.45) is 0.736. The van der Waals surface area contributed by atoms with Gasteiger partial charge in [0.15, 0.2) is 0 Å². The van der Waals surface area contributed by atoms with Gasteiger partial charge in [0.05, 0.1) is 0 Å². The molecule has 3 aromatic rings. The summed E-state index contributed by atoms with van der Waals surface area (Å²) in [6.45, 7) is 0. The van der Waals surface area contributed by atoms with Crippen molar-refractivity contribution in [3.63, 3.8) is 0 Å². The smallest absolute Gasteiger partial charge is 0.256 e. The first-order valence-corrected chi connectivity index (χ1v) is 7.78. The van der Waals surface area contributed by atoms with Crippen LogP contribution in [0.3, 0.4) is 0 Å². The second kappa shape index (κ2) is 7.36. The Morgan fingerprint density at radius 1 is 0.760 bits per heavy atom. The van der Waals surface area contributed by atoms with Crippen LogP contribution < -0.4 is 5.32 Å². The Balaban J connectivity index is 1.70. The minimum atomic E-state index is -0.343. The molecule has 0 saturated heterocycles. The summed E-state index contributed by atoms with van der Waals surface area (Å²) in [6, 6.07) is 23.6. The Labute approximate surface area is 145 Å². The predicted molar refractivity (Wildman–Crippen MR) is 98.0 cm³/mol. The van der Waals surface area contributed by atoms with E-state index in [0.29, 0.717) is 16.7 Å². The van der Waals surface area contributed by atoms with Gasteiger partial charge in [-0.05, 0) is 23.3 Å². The molecule has 0 aliphatic rings. The van der Waals surface area contributed by atoms with E-state index in [1.807, 2.05) is 42.5 Å². The van der Waals surface area contributed by atoms with Gasteiger partial charge in [0.25, 0.3) is 5.91 Å². The number of amidine groups is 1. The van der Waals surface area contributed by atoms with E-state index >= 15 is 0 Å². The number of hydrogen-bond acceptors (Lipinski definition) is 3. The topological polar surface area (TPSA) is 70.0 Å². The first-order chi connectivity index (χ1) is 12.2. The lowest BCUT2D eigenvalue weighted by Gasteiger charge is -2.08. The monoisotopic (exact) mass is 328 g/mol. The maximum Gasteiger partial charge on any atom is 0.256 e. The third-order valence-electron chi connectivity index (χ3n) is 3.83. The van der Waals surface area contributed by atoms with Gasteiger partial charge in [-0.1, -0.05) is 66.7 Å². The van der Waals surface area contributed by atoms with Crippen molar-refractivity contribution in [1.29, 1.82) is 5.41 Å². The zero-order chi connectivity index (χ0) is 17.6. The van der Waals surface area contributed by atoms with E-state index in [0.717, 1.165) is 17.4 Å². The van der Waals surface area contributed by atoms with Crippen LogP contribution in [0.4, 0.5) is 0 Å². The quantitative estimate of drug-likeness (QED) is 0.433. The van der Waals surface area contributed by atoms with Gasteiger partial charge in [-0.2, -0.15) is 0 Å². The molecule has 122 valence electrons. The Bertz CT molecular complexity index is 899. The molecule has 0 aromatic heterocycles. The minimum Gasteiger partial charge on any atom is -0.307 e. The number of carbonyl (C=O) groups is 2. The summed E-state index contributed by atoms with van der Waals surface area (Å²) in [7, 11) is 0. The number of amides is 1. The first kappa shape index (κ1) is 16.3. The highest BCUT2D eigenvalue weighted by molar-refractivity contribution is 6.11. The van der Waals surface area contributed by atoms with Gasteiger partial charge < -0.3 is 5.32 Å². The Hall–Kier alpha value is -3.53.